The number of esters is 1. The summed E-state index contributed by atoms with van der Waals surface area (Å²) >= 11 is 11.6. The highest BCUT2D eigenvalue weighted by Gasteiger charge is 2.12. The molecule has 1 aromatic carbocycles. The van der Waals surface area contributed by atoms with E-state index in [1.807, 2.05) is 12.1 Å². The molecule has 2 rings (SSSR count). The molecule has 0 atom stereocenters. The summed E-state index contributed by atoms with van der Waals surface area (Å²) in [5, 5.41) is 3.02. The molecule has 1 aromatic heterocycles. The SMILES string of the molecule is CC(C)Cc1ccc(C(=O)OCC(=O)Nc2ncc(Cl)cc2Cl)cc1. The molecule has 0 aliphatic carbocycles. The molecule has 1 heterocycles. The minimum absolute atomic E-state index is 0.158. The second kappa shape index (κ2) is 8.83. The Hall–Kier alpha value is -2.11. The Morgan fingerprint density at radius 2 is 1.88 bits per heavy atom. The highest BCUT2D eigenvalue weighted by atomic mass is 35.5. The molecule has 2 aromatic rings. The van der Waals surface area contributed by atoms with Gasteiger partial charge in [-0.2, -0.15) is 0 Å². The van der Waals surface area contributed by atoms with Crippen LogP contribution in [-0.4, -0.2) is 23.5 Å². The van der Waals surface area contributed by atoms with Crippen LogP contribution in [0.4, 0.5) is 5.82 Å². The molecule has 0 bridgehead atoms. The van der Waals surface area contributed by atoms with E-state index in [4.69, 9.17) is 27.9 Å². The Labute approximate surface area is 156 Å². The van der Waals surface area contributed by atoms with Crippen LogP contribution in [0.25, 0.3) is 0 Å². The first-order valence-electron chi connectivity index (χ1n) is 7.72. The highest BCUT2D eigenvalue weighted by molar-refractivity contribution is 6.36. The second-order valence-corrected chi connectivity index (χ2v) is 6.75. The Morgan fingerprint density at radius 3 is 2.48 bits per heavy atom. The minimum atomic E-state index is -0.568. The zero-order chi connectivity index (χ0) is 18.4. The number of halogens is 2. The summed E-state index contributed by atoms with van der Waals surface area (Å²) < 4.78 is 5.00. The van der Waals surface area contributed by atoms with Crippen molar-refractivity contribution in [2.75, 3.05) is 11.9 Å². The van der Waals surface area contributed by atoms with E-state index in [1.54, 1.807) is 12.1 Å². The predicted octanol–water partition coefficient (Wildman–Crippen LogP) is 4.38. The highest BCUT2D eigenvalue weighted by Crippen LogP contribution is 2.22. The predicted molar refractivity (Wildman–Crippen MR) is 98.2 cm³/mol. The van der Waals surface area contributed by atoms with Gasteiger partial charge in [0.05, 0.1) is 15.6 Å². The number of benzene rings is 1. The average molecular weight is 381 g/mol. The number of carbonyl (C=O) groups is 2. The maximum absolute atomic E-state index is 12.0. The van der Waals surface area contributed by atoms with Crippen LogP contribution in [-0.2, 0) is 16.0 Å². The van der Waals surface area contributed by atoms with Gasteiger partial charge >= 0.3 is 5.97 Å². The number of aromatic nitrogens is 1. The lowest BCUT2D eigenvalue weighted by Gasteiger charge is -2.08. The summed E-state index contributed by atoms with van der Waals surface area (Å²) in [4.78, 5) is 27.7. The number of rotatable bonds is 6. The maximum Gasteiger partial charge on any atom is 0.338 e. The minimum Gasteiger partial charge on any atom is -0.452 e. The molecule has 0 saturated carbocycles. The van der Waals surface area contributed by atoms with Crippen molar-refractivity contribution in [3.63, 3.8) is 0 Å². The van der Waals surface area contributed by atoms with Crippen molar-refractivity contribution < 1.29 is 14.3 Å². The first kappa shape index (κ1) is 19.2. The number of hydrogen-bond acceptors (Lipinski definition) is 4. The number of pyridine rings is 1. The molecule has 5 nitrogen and oxygen atoms in total. The fourth-order valence-electron chi connectivity index (χ4n) is 2.14. The molecule has 132 valence electrons. The Bertz CT molecular complexity index is 761. The van der Waals surface area contributed by atoms with Crippen LogP contribution in [0.5, 0.6) is 0 Å². The van der Waals surface area contributed by atoms with Gasteiger partial charge in [0.15, 0.2) is 12.4 Å². The van der Waals surface area contributed by atoms with E-state index in [1.165, 1.54) is 12.3 Å². The molecule has 0 aliphatic heterocycles. The number of anilines is 1. The first-order chi connectivity index (χ1) is 11.8. The van der Waals surface area contributed by atoms with Crippen LogP contribution in [0.15, 0.2) is 36.5 Å². The molecule has 1 amide bonds. The van der Waals surface area contributed by atoms with Crippen LogP contribution >= 0.6 is 23.2 Å². The van der Waals surface area contributed by atoms with E-state index in [0.29, 0.717) is 16.5 Å². The lowest BCUT2D eigenvalue weighted by Crippen LogP contribution is -2.21. The van der Waals surface area contributed by atoms with Crippen LogP contribution in [0.3, 0.4) is 0 Å². The second-order valence-electron chi connectivity index (χ2n) is 5.90. The van der Waals surface area contributed by atoms with E-state index < -0.39 is 18.5 Å². The van der Waals surface area contributed by atoms with E-state index in [2.05, 4.69) is 24.1 Å². The molecule has 25 heavy (non-hydrogen) atoms. The van der Waals surface area contributed by atoms with Crippen molar-refractivity contribution >= 4 is 40.9 Å². The molecule has 0 fully saturated rings. The fourth-order valence-corrected chi connectivity index (χ4v) is 2.56. The van der Waals surface area contributed by atoms with Gasteiger partial charge in [-0.1, -0.05) is 49.2 Å². The number of carbonyl (C=O) groups excluding carboxylic acids is 2. The van der Waals surface area contributed by atoms with Crippen molar-refractivity contribution in [1.82, 2.24) is 4.98 Å². The Kier molecular flexibility index (Phi) is 6.79. The smallest absolute Gasteiger partial charge is 0.338 e. The van der Waals surface area contributed by atoms with Crippen molar-refractivity contribution in [3.8, 4) is 0 Å². The van der Waals surface area contributed by atoms with Crippen molar-refractivity contribution in [2.24, 2.45) is 5.92 Å². The summed E-state index contributed by atoms with van der Waals surface area (Å²) in [6.07, 6.45) is 2.29. The van der Waals surface area contributed by atoms with Gasteiger partial charge in [0.2, 0.25) is 0 Å². The number of nitrogens with zero attached hydrogens (tertiary/aromatic N) is 1. The first-order valence-corrected chi connectivity index (χ1v) is 8.47. The maximum atomic E-state index is 12.0. The van der Waals surface area contributed by atoms with Crippen molar-refractivity contribution in [2.45, 2.75) is 20.3 Å². The molecule has 0 spiro atoms. The van der Waals surface area contributed by atoms with Gasteiger partial charge < -0.3 is 10.1 Å². The van der Waals surface area contributed by atoms with Gasteiger partial charge in [-0.15, -0.1) is 0 Å². The summed E-state index contributed by atoms with van der Waals surface area (Å²) in [6, 6.07) is 8.60. The van der Waals surface area contributed by atoms with Gasteiger partial charge in [-0.3, -0.25) is 4.79 Å². The fraction of sp³-hybridized carbons (Fsp3) is 0.278. The number of nitrogens with one attached hydrogen (secondary N) is 1. The van der Waals surface area contributed by atoms with E-state index in [0.717, 1.165) is 12.0 Å². The van der Waals surface area contributed by atoms with Gasteiger partial charge in [0, 0.05) is 6.20 Å². The van der Waals surface area contributed by atoms with Gasteiger partial charge in [-0.05, 0) is 36.1 Å². The van der Waals surface area contributed by atoms with Crippen LogP contribution in [0, 0.1) is 5.92 Å². The summed E-state index contributed by atoms with van der Waals surface area (Å²) in [6.45, 7) is 3.82. The largest absolute Gasteiger partial charge is 0.452 e. The lowest BCUT2D eigenvalue weighted by atomic mass is 10.0. The molecule has 0 radical (unpaired) electrons. The molecule has 7 heteroatoms. The molecular formula is C18H18Cl2N2O3. The zero-order valence-electron chi connectivity index (χ0n) is 13.9. The van der Waals surface area contributed by atoms with Gasteiger partial charge in [-0.25, -0.2) is 9.78 Å². The number of amides is 1. The van der Waals surface area contributed by atoms with E-state index >= 15 is 0 Å². The third-order valence-corrected chi connectivity index (χ3v) is 3.73. The molecule has 0 unspecified atom stereocenters. The summed E-state index contributed by atoms with van der Waals surface area (Å²) in [7, 11) is 0. The van der Waals surface area contributed by atoms with Crippen LogP contribution in [0.2, 0.25) is 10.0 Å². The van der Waals surface area contributed by atoms with Gasteiger partial charge in [0.25, 0.3) is 5.91 Å². The monoisotopic (exact) mass is 380 g/mol. The molecule has 0 saturated heterocycles. The van der Waals surface area contributed by atoms with Crippen LogP contribution < -0.4 is 5.32 Å². The lowest BCUT2D eigenvalue weighted by molar-refractivity contribution is -0.119. The normalized spacial score (nSPS) is 10.6. The van der Waals surface area contributed by atoms with E-state index in [9.17, 15) is 9.59 Å². The number of ether oxygens (including phenoxy) is 1. The topological polar surface area (TPSA) is 68.3 Å². The summed E-state index contributed by atoms with van der Waals surface area (Å²) in [5.74, 6) is -0.414. The Morgan fingerprint density at radius 1 is 1.20 bits per heavy atom. The van der Waals surface area contributed by atoms with Crippen molar-refractivity contribution in [1.29, 1.82) is 0 Å². The third-order valence-electron chi connectivity index (χ3n) is 3.23. The molecule has 1 N–H and O–H groups in total. The van der Waals surface area contributed by atoms with Gasteiger partial charge in [0.1, 0.15) is 0 Å². The zero-order valence-corrected chi connectivity index (χ0v) is 15.4. The van der Waals surface area contributed by atoms with Crippen LogP contribution in [0.1, 0.15) is 29.8 Å². The molecular weight excluding hydrogens is 363 g/mol. The standard InChI is InChI=1S/C18H18Cl2N2O3/c1-11(2)7-12-3-5-13(6-4-12)18(24)25-10-16(23)22-17-15(20)8-14(19)9-21-17/h3-6,8-9,11H,7,10H2,1-2H3,(H,21,22,23). The third kappa shape index (κ3) is 6.03. The average Bonchev–Trinajstić information content (AvgIpc) is 2.55. The quantitative estimate of drug-likeness (QED) is 0.754. The van der Waals surface area contributed by atoms with Crippen molar-refractivity contribution in [3.05, 3.63) is 57.7 Å². The van der Waals surface area contributed by atoms with E-state index in [-0.39, 0.29) is 10.8 Å². The molecule has 0 aliphatic rings. The Balaban J connectivity index is 1.87. The number of hydrogen-bond donors (Lipinski definition) is 1. The summed E-state index contributed by atoms with van der Waals surface area (Å²) in [5.41, 5.74) is 1.54.